The van der Waals surface area contributed by atoms with Gasteiger partial charge in [-0.25, -0.2) is 4.79 Å². The molecule has 1 aliphatic rings. The summed E-state index contributed by atoms with van der Waals surface area (Å²) in [6.07, 6.45) is 2.24. The minimum atomic E-state index is -0.460. The maximum Gasteiger partial charge on any atom is 0.337 e. The smallest absolute Gasteiger partial charge is 0.337 e. The predicted octanol–water partition coefficient (Wildman–Crippen LogP) is 1.78. The lowest BCUT2D eigenvalue weighted by molar-refractivity contribution is 0.0600. The number of carbonyl (C=O) groups excluding carboxylic acids is 2. The van der Waals surface area contributed by atoms with Crippen LogP contribution in [0.5, 0.6) is 5.75 Å². The van der Waals surface area contributed by atoms with Gasteiger partial charge >= 0.3 is 5.97 Å². The van der Waals surface area contributed by atoms with E-state index in [1.54, 1.807) is 12.1 Å². The summed E-state index contributed by atoms with van der Waals surface area (Å²) in [6, 6.07) is 3.19. The Morgan fingerprint density at radius 2 is 2.35 bits per heavy atom. The number of hydrogen-bond donors (Lipinski definition) is 0. The van der Waals surface area contributed by atoms with E-state index in [0.717, 1.165) is 5.56 Å². The van der Waals surface area contributed by atoms with Gasteiger partial charge in [0, 0.05) is 0 Å². The molecule has 0 spiro atoms. The van der Waals surface area contributed by atoms with Gasteiger partial charge in [0.25, 0.3) is 0 Å². The maximum atomic E-state index is 11.6. The third kappa shape index (κ3) is 1.93. The van der Waals surface area contributed by atoms with Gasteiger partial charge in [0.1, 0.15) is 5.75 Å². The number of ether oxygens (including phenoxy) is 2. The van der Waals surface area contributed by atoms with Crippen LogP contribution < -0.4 is 4.74 Å². The van der Waals surface area contributed by atoms with Gasteiger partial charge < -0.3 is 9.47 Å². The van der Waals surface area contributed by atoms with E-state index in [1.807, 2.05) is 0 Å². The molecule has 0 amide bonds. The van der Waals surface area contributed by atoms with Gasteiger partial charge in [-0.05, 0) is 24.1 Å². The molecule has 0 fully saturated rings. The fourth-order valence-electron chi connectivity index (χ4n) is 1.82. The molecule has 0 aliphatic carbocycles. The van der Waals surface area contributed by atoms with Gasteiger partial charge in [-0.3, -0.25) is 4.79 Å². The largest absolute Gasteiger partial charge is 0.484 e. The van der Waals surface area contributed by atoms with Gasteiger partial charge in [-0.1, -0.05) is 6.08 Å². The molecular weight excluding hydrogens is 220 g/mol. The quantitative estimate of drug-likeness (QED) is 0.588. The summed E-state index contributed by atoms with van der Waals surface area (Å²) in [7, 11) is 1.31. The van der Waals surface area contributed by atoms with Crippen molar-refractivity contribution in [2.24, 2.45) is 0 Å². The minimum absolute atomic E-state index is 0.0318. The highest BCUT2D eigenvalue weighted by Gasteiger charge is 2.26. The van der Waals surface area contributed by atoms with E-state index in [0.29, 0.717) is 23.3 Å². The van der Waals surface area contributed by atoms with Crippen LogP contribution in [0.2, 0.25) is 0 Å². The molecule has 17 heavy (non-hydrogen) atoms. The standard InChI is InChI=1S/C13H12O4/c1-3-4-8-5-9(13(15)16-2)6-10-11(14)7-17-12(8)10/h3,5-6H,1,4,7H2,2H3. The first kappa shape index (κ1) is 11.4. The lowest BCUT2D eigenvalue weighted by Crippen LogP contribution is -2.04. The molecule has 1 heterocycles. The van der Waals surface area contributed by atoms with Crippen LogP contribution in [0, 0.1) is 0 Å². The summed E-state index contributed by atoms with van der Waals surface area (Å²) >= 11 is 0. The second kappa shape index (κ2) is 4.41. The van der Waals surface area contributed by atoms with Crippen molar-refractivity contribution in [2.75, 3.05) is 13.7 Å². The topological polar surface area (TPSA) is 52.6 Å². The second-order valence-electron chi connectivity index (χ2n) is 3.71. The molecule has 0 bridgehead atoms. The summed E-state index contributed by atoms with van der Waals surface area (Å²) < 4.78 is 9.96. The Hall–Kier alpha value is -2.10. The molecular formula is C13H12O4. The van der Waals surface area contributed by atoms with E-state index < -0.39 is 5.97 Å². The van der Waals surface area contributed by atoms with Gasteiger partial charge in [0.2, 0.25) is 5.78 Å². The van der Waals surface area contributed by atoms with Crippen LogP contribution in [0.1, 0.15) is 26.3 Å². The van der Waals surface area contributed by atoms with Gasteiger partial charge in [0.15, 0.2) is 6.61 Å². The molecule has 4 heteroatoms. The van der Waals surface area contributed by atoms with Crippen molar-refractivity contribution in [2.45, 2.75) is 6.42 Å². The molecule has 0 atom stereocenters. The third-order valence-corrected chi connectivity index (χ3v) is 2.60. The van der Waals surface area contributed by atoms with Crippen molar-refractivity contribution < 1.29 is 19.1 Å². The fourth-order valence-corrected chi connectivity index (χ4v) is 1.82. The van der Waals surface area contributed by atoms with Gasteiger partial charge in [-0.15, -0.1) is 6.58 Å². The molecule has 4 nitrogen and oxygen atoms in total. The van der Waals surface area contributed by atoms with Crippen LogP contribution in [-0.2, 0) is 11.2 Å². The summed E-state index contributed by atoms with van der Waals surface area (Å²) in [4.78, 5) is 23.1. The highest BCUT2D eigenvalue weighted by molar-refractivity contribution is 6.05. The highest BCUT2D eigenvalue weighted by atomic mass is 16.5. The zero-order chi connectivity index (χ0) is 12.4. The minimum Gasteiger partial charge on any atom is -0.484 e. The Morgan fingerprint density at radius 3 is 3.00 bits per heavy atom. The summed E-state index contributed by atoms with van der Waals surface area (Å²) in [6.45, 7) is 3.67. The number of allylic oxidation sites excluding steroid dienone is 1. The third-order valence-electron chi connectivity index (χ3n) is 2.60. The number of benzene rings is 1. The number of ketones is 1. The summed E-state index contributed by atoms with van der Waals surface area (Å²) in [5, 5.41) is 0. The molecule has 88 valence electrons. The number of methoxy groups -OCH3 is 1. The Kier molecular flexibility index (Phi) is 2.95. The highest BCUT2D eigenvalue weighted by Crippen LogP contribution is 2.31. The van der Waals surface area contributed by atoms with Crippen molar-refractivity contribution in [3.05, 3.63) is 41.5 Å². The van der Waals surface area contributed by atoms with Crippen LogP contribution in [0.25, 0.3) is 0 Å². The SMILES string of the molecule is C=CCc1cc(C(=O)OC)cc2c1OCC2=O. The molecule has 0 saturated carbocycles. The van der Waals surface area contributed by atoms with E-state index in [2.05, 4.69) is 11.3 Å². The maximum absolute atomic E-state index is 11.6. The zero-order valence-corrected chi connectivity index (χ0v) is 9.49. The predicted molar refractivity (Wildman–Crippen MR) is 61.5 cm³/mol. The first-order chi connectivity index (χ1) is 8.17. The normalized spacial score (nSPS) is 12.9. The first-order valence-corrected chi connectivity index (χ1v) is 5.19. The van der Waals surface area contributed by atoms with Crippen molar-refractivity contribution >= 4 is 11.8 Å². The number of esters is 1. The zero-order valence-electron chi connectivity index (χ0n) is 9.49. The van der Waals surface area contributed by atoms with Crippen LogP contribution in [0.3, 0.4) is 0 Å². The lowest BCUT2D eigenvalue weighted by Gasteiger charge is -2.07. The van der Waals surface area contributed by atoms with Crippen molar-refractivity contribution in [1.29, 1.82) is 0 Å². The van der Waals surface area contributed by atoms with Gasteiger partial charge in [-0.2, -0.15) is 0 Å². The Balaban J connectivity index is 2.55. The van der Waals surface area contributed by atoms with Crippen LogP contribution >= 0.6 is 0 Å². The molecule has 0 unspecified atom stereocenters. The van der Waals surface area contributed by atoms with Crippen molar-refractivity contribution in [1.82, 2.24) is 0 Å². The Bertz CT molecular complexity index is 502. The molecule has 2 rings (SSSR count). The van der Waals surface area contributed by atoms with E-state index in [9.17, 15) is 9.59 Å². The monoisotopic (exact) mass is 232 g/mol. The van der Waals surface area contributed by atoms with E-state index >= 15 is 0 Å². The second-order valence-corrected chi connectivity index (χ2v) is 3.71. The molecule has 0 saturated heterocycles. The van der Waals surface area contributed by atoms with E-state index in [-0.39, 0.29) is 12.4 Å². The van der Waals surface area contributed by atoms with Gasteiger partial charge in [0.05, 0.1) is 18.2 Å². The molecule has 0 N–H and O–H groups in total. The number of rotatable bonds is 3. The van der Waals surface area contributed by atoms with Crippen LogP contribution in [-0.4, -0.2) is 25.5 Å². The lowest BCUT2D eigenvalue weighted by atomic mass is 10.0. The van der Waals surface area contributed by atoms with Crippen molar-refractivity contribution in [3.63, 3.8) is 0 Å². The van der Waals surface area contributed by atoms with E-state index in [4.69, 9.17) is 4.74 Å². The van der Waals surface area contributed by atoms with Crippen LogP contribution in [0.15, 0.2) is 24.8 Å². The fraction of sp³-hybridized carbons (Fsp3) is 0.231. The number of fused-ring (bicyclic) bond motifs is 1. The molecule has 1 aliphatic heterocycles. The molecule has 0 aromatic heterocycles. The number of carbonyl (C=O) groups is 2. The molecule has 1 aromatic rings. The molecule has 0 radical (unpaired) electrons. The van der Waals surface area contributed by atoms with Crippen molar-refractivity contribution in [3.8, 4) is 5.75 Å². The number of Topliss-reactive ketones (excluding diaryl/α,β-unsaturated/α-hetero) is 1. The number of hydrogen-bond acceptors (Lipinski definition) is 4. The average Bonchev–Trinajstić information content (AvgIpc) is 2.71. The summed E-state index contributed by atoms with van der Waals surface area (Å²) in [5.41, 5.74) is 1.59. The first-order valence-electron chi connectivity index (χ1n) is 5.19. The van der Waals surface area contributed by atoms with E-state index in [1.165, 1.54) is 13.2 Å². The Labute approximate surface area is 98.8 Å². The average molecular weight is 232 g/mol. The van der Waals surface area contributed by atoms with Crippen LogP contribution in [0.4, 0.5) is 0 Å². The Morgan fingerprint density at radius 1 is 1.59 bits per heavy atom. The summed E-state index contributed by atoms with van der Waals surface area (Å²) in [5.74, 6) is -0.0172. The molecule has 1 aromatic carbocycles.